The molecule has 2 aromatic heterocycles. The number of aryl methyl sites for hydroxylation is 1. The van der Waals surface area contributed by atoms with E-state index in [0.29, 0.717) is 5.92 Å². The van der Waals surface area contributed by atoms with Gasteiger partial charge in [0.1, 0.15) is 5.69 Å². The highest BCUT2D eigenvalue weighted by molar-refractivity contribution is 7.13. The van der Waals surface area contributed by atoms with Crippen molar-refractivity contribution in [3.8, 4) is 10.6 Å². The second kappa shape index (κ2) is 6.52. The van der Waals surface area contributed by atoms with Gasteiger partial charge in [0.2, 0.25) is 5.91 Å². The van der Waals surface area contributed by atoms with Crippen LogP contribution in [0.5, 0.6) is 0 Å². The Morgan fingerprint density at radius 3 is 2.91 bits per heavy atom. The minimum atomic E-state index is 0.169. The van der Waals surface area contributed by atoms with Crippen molar-refractivity contribution < 1.29 is 4.79 Å². The van der Waals surface area contributed by atoms with Crippen molar-refractivity contribution in [1.29, 1.82) is 0 Å². The van der Waals surface area contributed by atoms with Gasteiger partial charge in [0.25, 0.3) is 0 Å². The van der Waals surface area contributed by atoms with Gasteiger partial charge in [-0.15, -0.1) is 11.3 Å². The quantitative estimate of drug-likeness (QED) is 0.873. The van der Waals surface area contributed by atoms with Crippen LogP contribution in [-0.4, -0.2) is 38.8 Å². The Bertz CT molecular complexity index is 670. The number of rotatable bonds is 3. The molecule has 1 fully saturated rings. The summed E-state index contributed by atoms with van der Waals surface area (Å²) < 4.78 is 0. The van der Waals surface area contributed by atoms with Crippen LogP contribution in [0.4, 0.5) is 0 Å². The number of aromatic nitrogens is 3. The molecule has 1 aliphatic heterocycles. The number of carbonyl (C=O) groups excluding carboxylic acids is 1. The van der Waals surface area contributed by atoms with Gasteiger partial charge in [0, 0.05) is 32.4 Å². The summed E-state index contributed by atoms with van der Waals surface area (Å²) in [6.07, 6.45) is 6.56. The molecule has 1 amide bonds. The summed E-state index contributed by atoms with van der Waals surface area (Å²) in [6.45, 7) is 5.36. The first kappa shape index (κ1) is 15.1. The van der Waals surface area contributed by atoms with E-state index in [-0.39, 0.29) is 5.91 Å². The van der Waals surface area contributed by atoms with Gasteiger partial charge in [-0.1, -0.05) is 0 Å². The second-order valence-electron chi connectivity index (χ2n) is 5.80. The van der Waals surface area contributed by atoms with Gasteiger partial charge in [0.15, 0.2) is 0 Å². The van der Waals surface area contributed by atoms with Crippen molar-refractivity contribution in [2.45, 2.75) is 33.1 Å². The zero-order valence-corrected chi connectivity index (χ0v) is 13.8. The standard InChI is InChI=1S/C16H20N4OS/c1-11-16(22-10-19-11)15-14(17-5-6-18-15)8-13-4-3-7-20(9-13)12(2)21/h5-6,10,13H,3-4,7-9H2,1-2H3/t13-/m0/s1. The number of carbonyl (C=O) groups is 1. The van der Waals surface area contributed by atoms with Crippen molar-refractivity contribution in [3.05, 3.63) is 29.3 Å². The molecular formula is C16H20N4OS. The van der Waals surface area contributed by atoms with Gasteiger partial charge in [-0.3, -0.25) is 14.8 Å². The molecule has 5 nitrogen and oxygen atoms in total. The lowest BCUT2D eigenvalue weighted by Gasteiger charge is -2.32. The van der Waals surface area contributed by atoms with Crippen LogP contribution in [0.15, 0.2) is 17.9 Å². The maximum atomic E-state index is 11.6. The van der Waals surface area contributed by atoms with Gasteiger partial charge >= 0.3 is 0 Å². The minimum absolute atomic E-state index is 0.169. The zero-order valence-electron chi connectivity index (χ0n) is 13.0. The van der Waals surface area contributed by atoms with Gasteiger partial charge in [-0.2, -0.15) is 0 Å². The number of hydrogen-bond acceptors (Lipinski definition) is 5. The minimum Gasteiger partial charge on any atom is -0.343 e. The summed E-state index contributed by atoms with van der Waals surface area (Å²) >= 11 is 1.61. The summed E-state index contributed by atoms with van der Waals surface area (Å²) in [7, 11) is 0. The van der Waals surface area contributed by atoms with Crippen molar-refractivity contribution in [2.24, 2.45) is 5.92 Å². The van der Waals surface area contributed by atoms with Crippen LogP contribution in [-0.2, 0) is 11.2 Å². The van der Waals surface area contributed by atoms with Crippen LogP contribution in [0.3, 0.4) is 0 Å². The first-order valence-electron chi connectivity index (χ1n) is 7.61. The van der Waals surface area contributed by atoms with E-state index >= 15 is 0 Å². The molecular weight excluding hydrogens is 296 g/mol. The highest BCUT2D eigenvalue weighted by Gasteiger charge is 2.24. The van der Waals surface area contributed by atoms with Gasteiger partial charge in [-0.25, -0.2) is 4.98 Å². The van der Waals surface area contributed by atoms with E-state index in [1.807, 2.05) is 17.3 Å². The molecule has 116 valence electrons. The molecule has 0 aromatic carbocycles. The van der Waals surface area contributed by atoms with E-state index in [0.717, 1.165) is 54.3 Å². The Labute approximate surface area is 134 Å². The van der Waals surface area contributed by atoms with Crippen LogP contribution in [0.1, 0.15) is 31.2 Å². The Morgan fingerprint density at radius 1 is 1.36 bits per heavy atom. The average molecular weight is 316 g/mol. The lowest BCUT2D eigenvalue weighted by molar-refractivity contribution is -0.130. The fourth-order valence-corrected chi connectivity index (χ4v) is 3.85. The van der Waals surface area contributed by atoms with Gasteiger partial charge < -0.3 is 4.90 Å². The zero-order chi connectivity index (χ0) is 15.5. The van der Waals surface area contributed by atoms with E-state index in [9.17, 15) is 4.79 Å². The van der Waals surface area contributed by atoms with Crippen LogP contribution in [0, 0.1) is 12.8 Å². The highest BCUT2D eigenvalue weighted by Crippen LogP contribution is 2.30. The fraction of sp³-hybridized carbons (Fsp3) is 0.500. The molecule has 1 atom stereocenters. The largest absolute Gasteiger partial charge is 0.343 e. The van der Waals surface area contributed by atoms with E-state index in [2.05, 4.69) is 15.0 Å². The molecule has 0 aliphatic carbocycles. The molecule has 0 saturated carbocycles. The Hall–Kier alpha value is -1.82. The first-order chi connectivity index (χ1) is 10.6. The number of amides is 1. The smallest absolute Gasteiger partial charge is 0.219 e. The molecule has 0 N–H and O–H groups in total. The molecule has 3 rings (SSSR count). The highest BCUT2D eigenvalue weighted by atomic mass is 32.1. The predicted octanol–water partition coefficient (Wildman–Crippen LogP) is 2.71. The first-order valence-corrected chi connectivity index (χ1v) is 8.49. The summed E-state index contributed by atoms with van der Waals surface area (Å²) in [5.41, 5.74) is 4.81. The van der Waals surface area contributed by atoms with Crippen LogP contribution in [0.2, 0.25) is 0 Å². The molecule has 0 spiro atoms. The second-order valence-corrected chi connectivity index (χ2v) is 6.65. The van der Waals surface area contributed by atoms with Crippen LogP contribution in [0.25, 0.3) is 10.6 Å². The lowest BCUT2D eigenvalue weighted by atomic mass is 9.92. The van der Waals surface area contributed by atoms with Crippen molar-refractivity contribution in [1.82, 2.24) is 19.9 Å². The number of hydrogen-bond donors (Lipinski definition) is 0. The molecule has 0 unspecified atom stereocenters. The van der Waals surface area contributed by atoms with Gasteiger partial charge in [0.05, 0.1) is 21.8 Å². The molecule has 1 aliphatic rings. The Kier molecular flexibility index (Phi) is 4.47. The van der Waals surface area contributed by atoms with Crippen LogP contribution < -0.4 is 0 Å². The fourth-order valence-electron chi connectivity index (χ4n) is 3.03. The summed E-state index contributed by atoms with van der Waals surface area (Å²) in [6, 6.07) is 0. The molecule has 6 heteroatoms. The van der Waals surface area contributed by atoms with Crippen LogP contribution >= 0.6 is 11.3 Å². The Balaban J connectivity index is 1.81. The third kappa shape index (κ3) is 3.16. The molecule has 0 radical (unpaired) electrons. The van der Waals surface area contributed by atoms with E-state index in [1.165, 1.54) is 0 Å². The molecule has 0 bridgehead atoms. The molecule has 1 saturated heterocycles. The van der Waals surface area contributed by atoms with E-state index in [4.69, 9.17) is 0 Å². The van der Waals surface area contributed by atoms with E-state index in [1.54, 1.807) is 30.7 Å². The van der Waals surface area contributed by atoms with E-state index < -0.39 is 0 Å². The summed E-state index contributed by atoms with van der Waals surface area (Å²) in [5.74, 6) is 0.628. The molecule has 3 heterocycles. The monoisotopic (exact) mass is 316 g/mol. The number of piperidine rings is 1. The maximum absolute atomic E-state index is 11.6. The summed E-state index contributed by atoms with van der Waals surface area (Å²) in [4.78, 5) is 28.0. The third-order valence-corrected chi connectivity index (χ3v) is 5.12. The number of likely N-dealkylation sites (tertiary alicyclic amines) is 1. The number of thiazole rings is 1. The lowest BCUT2D eigenvalue weighted by Crippen LogP contribution is -2.39. The third-order valence-electron chi connectivity index (χ3n) is 4.18. The average Bonchev–Trinajstić information content (AvgIpc) is 2.94. The Morgan fingerprint density at radius 2 is 2.18 bits per heavy atom. The van der Waals surface area contributed by atoms with Crippen molar-refractivity contribution in [3.63, 3.8) is 0 Å². The maximum Gasteiger partial charge on any atom is 0.219 e. The topological polar surface area (TPSA) is 59.0 Å². The number of nitrogens with zero attached hydrogens (tertiary/aromatic N) is 4. The van der Waals surface area contributed by atoms with Crippen molar-refractivity contribution >= 4 is 17.2 Å². The molecule has 22 heavy (non-hydrogen) atoms. The SMILES string of the molecule is CC(=O)N1CCC[C@@H](Cc2nccnc2-c2scnc2C)C1. The predicted molar refractivity (Wildman–Crippen MR) is 86.6 cm³/mol. The molecule has 2 aromatic rings. The summed E-state index contributed by atoms with van der Waals surface area (Å²) in [5, 5.41) is 0. The van der Waals surface area contributed by atoms with Gasteiger partial charge in [-0.05, 0) is 32.1 Å². The normalized spacial score (nSPS) is 18.5. The van der Waals surface area contributed by atoms with Crippen molar-refractivity contribution in [2.75, 3.05) is 13.1 Å².